The molecular weight excluding hydrogens is 234 g/mol. The molecule has 1 saturated carbocycles. The number of aliphatic carboxylic acids is 1. The Balaban J connectivity index is 2.15. The largest absolute Gasteiger partial charge is 0.480 e. The molecule has 1 aliphatic carbocycles. The van der Waals surface area contributed by atoms with E-state index < -0.39 is 17.4 Å². The van der Waals surface area contributed by atoms with Gasteiger partial charge in [-0.1, -0.05) is 25.7 Å². The first-order valence-corrected chi connectivity index (χ1v) is 6.23. The molecule has 2 rings (SSSR count). The number of carbonyl (C=O) groups is 2. The topological polar surface area (TPSA) is 79.5 Å². The summed E-state index contributed by atoms with van der Waals surface area (Å²) >= 11 is 0. The zero-order chi connectivity index (χ0) is 13.0. The van der Waals surface area contributed by atoms with E-state index >= 15 is 0 Å². The summed E-state index contributed by atoms with van der Waals surface area (Å²) in [5, 5.41) is 12.1. The monoisotopic (exact) mass is 251 g/mol. The lowest BCUT2D eigenvalue weighted by Gasteiger charge is -2.28. The Morgan fingerprint density at radius 2 is 1.89 bits per heavy atom. The number of amides is 1. The van der Waals surface area contributed by atoms with Crippen molar-refractivity contribution in [3.05, 3.63) is 24.2 Å². The maximum Gasteiger partial charge on any atom is 0.329 e. The third-order valence-corrected chi connectivity index (χ3v) is 3.46. The summed E-state index contributed by atoms with van der Waals surface area (Å²) in [6.07, 6.45) is 6.05. The summed E-state index contributed by atoms with van der Waals surface area (Å²) < 4.78 is 4.99. The Morgan fingerprint density at radius 3 is 2.39 bits per heavy atom. The second kappa shape index (κ2) is 5.25. The van der Waals surface area contributed by atoms with Crippen LogP contribution in [0, 0.1) is 0 Å². The van der Waals surface area contributed by atoms with Crippen LogP contribution in [0.3, 0.4) is 0 Å². The van der Waals surface area contributed by atoms with Crippen molar-refractivity contribution in [3.63, 3.8) is 0 Å². The van der Waals surface area contributed by atoms with Crippen molar-refractivity contribution in [2.45, 2.75) is 44.1 Å². The van der Waals surface area contributed by atoms with E-state index in [1.54, 1.807) is 6.07 Å². The number of rotatable bonds is 3. The Hall–Kier alpha value is -1.78. The van der Waals surface area contributed by atoms with E-state index in [1.807, 2.05) is 0 Å². The Bertz CT molecular complexity index is 416. The molecule has 1 aromatic heterocycles. The van der Waals surface area contributed by atoms with E-state index in [0.29, 0.717) is 12.8 Å². The first kappa shape index (κ1) is 12.7. The minimum Gasteiger partial charge on any atom is -0.480 e. The van der Waals surface area contributed by atoms with Gasteiger partial charge in [0.05, 0.1) is 6.26 Å². The molecule has 1 aromatic rings. The van der Waals surface area contributed by atoms with Crippen LogP contribution in [-0.4, -0.2) is 22.5 Å². The van der Waals surface area contributed by atoms with E-state index in [9.17, 15) is 14.7 Å². The maximum atomic E-state index is 11.9. The van der Waals surface area contributed by atoms with E-state index in [4.69, 9.17) is 4.42 Å². The lowest BCUT2D eigenvalue weighted by molar-refractivity contribution is -0.145. The smallest absolute Gasteiger partial charge is 0.329 e. The van der Waals surface area contributed by atoms with Crippen LogP contribution in [0.1, 0.15) is 49.1 Å². The molecule has 98 valence electrons. The van der Waals surface area contributed by atoms with Crippen molar-refractivity contribution < 1.29 is 19.1 Å². The SMILES string of the molecule is O=C(NC1(C(=O)O)CCCCCC1)c1ccco1. The van der Waals surface area contributed by atoms with Crippen LogP contribution < -0.4 is 5.32 Å². The molecule has 0 bridgehead atoms. The highest BCUT2D eigenvalue weighted by molar-refractivity contribution is 5.95. The van der Waals surface area contributed by atoms with Gasteiger partial charge in [0.2, 0.25) is 0 Å². The van der Waals surface area contributed by atoms with Crippen LogP contribution >= 0.6 is 0 Å². The van der Waals surface area contributed by atoms with Crippen molar-refractivity contribution in [2.75, 3.05) is 0 Å². The number of hydrogen-bond acceptors (Lipinski definition) is 3. The lowest BCUT2D eigenvalue weighted by atomic mass is 9.90. The predicted molar refractivity (Wildman–Crippen MR) is 64.2 cm³/mol. The van der Waals surface area contributed by atoms with Crippen molar-refractivity contribution in [2.24, 2.45) is 0 Å². The summed E-state index contributed by atoms with van der Waals surface area (Å²) in [7, 11) is 0. The van der Waals surface area contributed by atoms with Gasteiger partial charge in [-0.05, 0) is 25.0 Å². The second-order valence-electron chi connectivity index (χ2n) is 4.73. The van der Waals surface area contributed by atoms with E-state index in [1.165, 1.54) is 12.3 Å². The van der Waals surface area contributed by atoms with Crippen LogP contribution in [0.15, 0.2) is 22.8 Å². The molecule has 1 aliphatic rings. The van der Waals surface area contributed by atoms with Gasteiger partial charge < -0.3 is 14.8 Å². The summed E-state index contributed by atoms with van der Waals surface area (Å²) in [5.74, 6) is -1.26. The van der Waals surface area contributed by atoms with E-state index in [2.05, 4.69) is 5.32 Å². The van der Waals surface area contributed by atoms with Crippen molar-refractivity contribution in [1.29, 1.82) is 0 Å². The van der Waals surface area contributed by atoms with Gasteiger partial charge in [-0.3, -0.25) is 4.79 Å². The average Bonchev–Trinajstić information content (AvgIpc) is 2.77. The minimum atomic E-state index is -1.14. The number of carboxylic acid groups (broad SMARTS) is 1. The number of nitrogens with one attached hydrogen (secondary N) is 1. The molecule has 5 heteroatoms. The molecule has 5 nitrogen and oxygen atoms in total. The fourth-order valence-electron chi connectivity index (χ4n) is 2.41. The fraction of sp³-hybridized carbons (Fsp3) is 0.538. The van der Waals surface area contributed by atoms with Crippen molar-refractivity contribution >= 4 is 11.9 Å². The molecule has 0 aliphatic heterocycles. The van der Waals surface area contributed by atoms with Crippen LogP contribution in [0.4, 0.5) is 0 Å². The molecule has 1 heterocycles. The average molecular weight is 251 g/mol. The normalized spacial score (nSPS) is 18.9. The van der Waals surface area contributed by atoms with Crippen molar-refractivity contribution in [3.8, 4) is 0 Å². The fourth-order valence-corrected chi connectivity index (χ4v) is 2.41. The van der Waals surface area contributed by atoms with Gasteiger partial charge in [0.1, 0.15) is 5.54 Å². The third-order valence-electron chi connectivity index (χ3n) is 3.46. The summed E-state index contributed by atoms with van der Waals surface area (Å²) in [4.78, 5) is 23.4. The van der Waals surface area contributed by atoms with Gasteiger partial charge in [0.15, 0.2) is 5.76 Å². The van der Waals surface area contributed by atoms with Gasteiger partial charge in [-0.2, -0.15) is 0 Å². The molecule has 0 radical (unpaired) electrons. The highest BCUT2D eigenvalue weighted by atomic mass is 16.4. The maximum absolute atomic E-state index is 11.9. The van der Waals surface area contributed by atoms with E-state index in [-0.39, 0.29) is 5.76 Å². The summed E-state index contributed by atoms with van der Waals surface area (Å²) in [6.45, 7) is 0. The lowest BCUT2D eigenvalue weighted by Crippen LogP contribution is -2.54. The van der Waals surface area contributed by atoms with Crippen molar-refractivity contribution in [1.82, 2.24) is 5.32 Å². The Labute approximate surface area is 105 Å². The zero-order valence-electron chi connectivity index (χ0n) is 10.1. The quantitative estimate of drug-likeness (QED) is 0.807. The standard InChI is InChI=1S/C13H17NO4/c15-11(10-6-5-9-18-10)14-13(12(16)17)7-3-1-2-4-8-13/h5-6,9H,1-4,7-8H2,(H,14,15)(H,16,17). The molecule has 18 heavy (non-hydrogen) atoms. The molecule has 0 atom stereocenters. The van der Waals surface area contributed by atoms with Crippen LogP contribution in [0.5, 0.6) is 0 Å². The molecular formula is C13H17NO4. The Morgan fingerprint density at radius 1 is 1.22 bits per heavy atom. The van der Waals surface area contributed by atoms with Gasteiger partial charge in [0, 0.05) is 0 Å². The Kier molecular flexibility index (Phi) is 3.69. The highest BCUT2D eigenvalue weighted by Crippen LogP contribution is 2.27. The van der Waals surface area contributed by atoms with Gasteiger partial charge in [-0.15, -0.1) is 0 Å². The number of furan rings is 1. The van der Waals surface area contributed by atoms with Crippen LogP contribution in [0.2, 0.25) is 0 Å². The van der Waals surface area contributed by atoms with Gasteiger partial charge >= 0.3 is 5.97 Å². The number of carboxylic acids is 1. The predicted octanol–water partition coefficient (Wildman–Crippen LogP) is 2.19. The molecule has 1 amide bonds. The molecule has 0 aromatic carbocycles. The van der Waals surface area contributed by atoms with E-state index in [0.717, 1.165) is 25.7 Å². The minimum absolute atomic E-state index is 0.153. The van der Waals surface area contributed by atoms with Gasteiger partial charge in [0.25, 0.3) is 5.91 Å². The molecule has 1 fully saturated rings. The summed E-state index contributed by atoms with van der Waals surface area (Å²) in [6, 6.07) is 3.14. The molecule has 2 N–H and O–H groups in total. The molecule has 0 spiro atoms. The molecule has 0 saturated heterocycles. The van der Waals surface area contributed by atoms with Crippen LogP contribution in [0.25, 0.3) is 0 Å². The number of hydrogen-bond donors (Lipinski definition) is 2. The first-order chi connectivity index (χ1) is 8.64. The van der Waals surface area contributed by atoms with Crippen LogP contribution in [-0.2, 0) is 4.79 Å². The highest BCUT2D eigenvalue weighted by Gasteiger charge is 2.40. The zero-order valence-corrected chi connectivity index (χ0v) is 10.1. The molecule has 0 unspecified atom stereocenters. The summed E-state index contributed by atoms with van der Waals surface area (Å²) in [5.41, 5.74) is -1.14. The van der Waals surface area contributed by atoms with Gasteiger partial charge in [-0.25, -0.2) is 4.79 Å². The third kappa shape index (κ3) is 2.55. The first-order valence-electron chi connectivity index (χ1n) is 6.23. The second-order valence-corrected chi connectivity index (χ2v) is 4.73. The number of carbonyl (C=O) groups excluding carboxylic acids is 1.